The Balaban J connectivity index is 1.58. The van der Waals surface area contributed by atoms with E-state index >= 15 is 0 Å². The molecule has 0 aliphatic heterocycles. The van der Waals surface area contributed by atoms with Crippen LogP contribution in [0, 0.1) is 5.82 Å². The van der Waals surface area contributed by atoms with Gasteiger partial charge in [-0.2, -0.15) is 0 Å². The second kappa shape index (κ2) is 7.27. The number of thioether (sulfide) groups is 1. The second-order valence-electron chi connectivity index (χ2n) is 5.31. The molecule has 0 atom stereocenters. The molecule has 0 bridgehead atoms. The molecule has 1 aliphatic carbocycles. The number of benzene rings is 1. The first-order valence-electron chi connectivity index (χ1n) is 7.29. The molecule has 0 unspecified atom stereocenters. The summed E-state index contributed by atoms with van der Waals surface area (Å²) in [6, 6.07) is 4.42. The molecule has 0 spiro atoms. The number of nitrogens with one attached hydrogen (secondary N) is 1. The number of amides is 1. The fraction of sp³-hybridized carbons (Fsp3) is 0.429. The Hall–Kier alpha value is -1.67. The molecule has 9 heteroatoms. The van der Waals surface area contributed by atoms with Gasteiger partial charge >= 0.3 is 0 Å². The van der Waals surface area contributed by atoms with E-state index in [4.69, 9.17) is 11.6 Å². The van der Waals surface area contributed by atoms with Gasteiger partial charge < -0.3 is 5.32 Å². The van der Waals surface area contributed by atoms with Crippen molar-refractivity contribution >= 4 is 35.0 Å². The molecular formula is C14H15ClFN5OS. The van der Waals surface area contributed by atoms with Crippen LogP contribution >= 0.6 is 23.4 Å². The SMILES string of the molecule is O=C(CSc1nnnn1C1CCCC1)Nc1ccc(Cl)cc1F. The Kier molecular flexibility index (Phi) is 5.12. The predicted octanol–water partition coefficient (Wildman–Crippen LogP) is 3.31. The van der Waals surface area contributed by atoms with Crippen molar-refractivity contribution in [3.8, 4) is 0 Å². The van der Waals surface area contributed by atoms with Crippen molar-refractivity contribution in [3.63, 3.8) is 0 Å². The minimum atomic E-state index is -0.563. The van der Waals surface area contributed by atoms with E-state index < -0.39 is 5.82 Å². The number of anilines is 1. The number of rotatable bonds is 5. The van der Waals surface area contributed by atoms with Crippen molar-refractivity contribution in [1.82, 2.24) is 20.2 Å². The molecule has 1 fully saturated rings. The molecule has 1 saturated carbocycles. The minimum Gasteiger partial charge on any atom is -0.323 e. The molecule has 1 aromatic heterocycles. The normalized spacial score (nSPS) is 15.0. The molecule has 6 nitrogen and oxygen atoms in total. The second-order valence-corrected chi connectivity index (χ2v) is 6.68. The maximum atomic E-state index is 13.7. The van der Waals surface area contributed by atoms with Crippen LogP contribution in [0.4, 0.5) is 10.1 Å². The standard InChI is InChI=1S/C14H15ClFN5OS/c15-9-5-6-12(11(16)7-9)17-13(22)8-23-14-18-19-20-21(14)10-3-1-2-4-10/h5-7,10H,1-4,8H2,(H,17,22). The van der Waals surface area contributed by atoms with E-state index in [0.29, 0.717) is 11.2 Å². The summed E-state index contributed by atoms with van der Waals surface area (Å²) in [5, 5.41) is 15.1. The highest BCUT2D eigenvalue weighted by molar-refractivity contribution is 7.99. The van der Waals surface area contributed by atoms with Crippen LogP contribution in [0.25, 0.3) is 0 Å². The maximum absolute atomic E-state index is 13.7. The van der Waals surface area contributed by atoms with Gasteiger partial charge in [0.25, 0.3) is 0 Å². The van der Waals surface area contributed by atoms with E-state index in [0.717, 1.165) is 18.9 Å². The molecule has 0 radical (unpaired) electrons. The highest BCUT2D eigenvalue weighted by atomic mass is 35.5. The van der Waals surface area contributed by atoms with Gasteiger partial charge in [-0.25, -0.2) is 9.07 Å². The first-order chi connectivity index (χ1) is 11.1. The maximum Gasteiger partial charge on any atom is 0.234 e. The summed E-state index contributed by atoms with van der Waals surface area (Å²) < 4.78 is 15.4. The van der Waals surface area contributed by atoms with Crippen LogP contribution in [0.1, 0.15) is 31.7 Å². The zero-order valence-electron chi connectivity index (χ0n) is 12.2. The zero-order chi connectivity index (χ0) is 16.2. The largest absolute Gasteiger partial charge is 0.323 e. The molecule has 1 N–H and O–H groups in total. The van der Waals surface area contributed by atoms with Gasteiger partial charge in [0.15, 0.2) is 0 Å². The Labute approximate surface area is 141 Å². The summed E-state index contributed by atoms with van der Waals surface area (Å²) in [5.74, 6) is -0.779. The van der Waals surface area contributed by atoms with E-state index in [1.54, 1.807) is 4.68 Å². The highest BCUT2D eigenvalue weighted by Crippen LogP contribution is 2.31. The molecular weight excluding hydrogens is 341 g/mol. The Morgan fingerprint density at radius 2 is 2.22 bits per heavy atom. The summed E-state index contributed by atoms with van der Waals surface area (Å²) >= 11 is 6.92. The molecule has 1 heterocycles. The van der Waals surface area contributed by atoms with Crippen molar-refractivity contribution in [2.75, 3.05) is 11.1 Å². The van der Waals surface area contributed by atoms with Gasteiger partial charge in [-0.3, -0.25) is 4.79 Å². The van der Waals surface area contributed by atoms with Crippen molar-refractivity contribution in [3.05, 3.63) is 29.0 Å². The fourth-order valence-electron chi connectivity index (χ4n) is 2.57. The van der Waals surface area contributed by atoms with Gasteiger partial charge in [-0.15, -0.1) is 5.10 Å². The number of nitrogens with zero attached hydrogens (tertiary/aromatic N) is 4. The number of halogens is 2. The van der Waals surface area contributed by atoms with Gasteiger partial charge in [0.2, 0.25) is 11.1 Å². The number of carbonyl (C=O) groups excluding carboxylic acids is 1. The first-order valence-corrected chi connectivity index (χ1v) is 8.65. The lowest BCUT2D eigenvalue weighted by atomic mass is 10.3. The van der Waals surface area contributed by atoms with Crippen LogP contribution in [-0.4, -0.2) is 31.9 Å². The van der Waals surface area contributed by atoms with E-state index in [-0.39, 0.29) is 22.4 Å². The first kappa shape index (κ1) is 16.2. The molecule has 23 heavy (non-hydrogen) atoms. The summed E-state index contributed by atoms with van der Waals surface area (Å²) in [7, 11) is 0. The molecule has 122 valence electrons. The van der Waals surface area contributed by atoms with Crippen LogP contribution in [0.3, 0.4) is 0 Å². The zero-order valence-corrected chi connectivity index (χ0v) is 13.8. The number of hydrogen-bond acceptors (Lipinski definition) is 5. The smallest absolute Gasteiger partial charge is 0.234 e. The van der Waals surface area contributed by atoms with Crippen LogP contribution in [0.5, 0.6) is 0 Å². The quantitative estimate of drug-likeness (QED) is 0.833. The van der Waals surface area contributed by atoms with Gasteiger partial charge in [0, 0.05) is 5.02 Å². The van der Waals surface area contributed by atoms with Crippen LogP contribution in [-0.2, 0) is 4.79 Å². The fourth-order valence-corrected chi connectivity index (χ4v) is 3.47. The molecule has 0 saturated heterocycles. The molecule has 1 aliphatic rings. The summed E-state index contributed by atoms with van der Waals surface area (Å²) in [5.41, 5.74) is 0.107. The minimum absolute atomic E-state index is 0.106. The number of aromatic nitrogens is 4. The monoisotopic (exact) mass is 355 g/mol. The molecule has 2 aromatic rings. The van der Waals surface area contributed by atoms with E-state index in [1.807, 2.05) is 0 Å². The summed E-state index contributed by atoms with van der Waals surface area (Å²) in [6.45, 7) is 0. The predicted molar refractivity (Wildman–Crippen MR) is 86.1 cm³/mol. The van der Waals surface area contributed by atoms with Gasteiger partial charge in [-0.1, -0.05) is 36.2 Å². The average molecular weight is 356 g/mol. The van der Waals surface area contributed by atoms with Crippen molar-refractivity contribution in [1.29, 1.82) is 0 Å². The summed E-state index contributed by atoms with van der Waals surface area (Å²) in [6.07, 6.45) is 4.46. The third-order valence-electron chi connectivity index (χ3n) is 3.67. The Morgan fingerprint density at radius 3 is 2.96 bits per heavy atom. The number of tetrazole rings is 1. The third kappa shape index (κ3) is 4.00. The Morgan fingerprint density at radius 1 is 1.43 bits per heavy atom. The van der Waals surface area contributed by atoms with Crippen LogP contribution < -0.4 is 5.32 Å². The summed E-state index contributed by atoms with van der Waals surface area (Å²) in [4.78, 5) is 12.0. The topological polar surface area (TPSA) is 72.7 Å². The lowest BCUT2D eigenvalue weighted by Gasteiger charge is -2.11. The van der Waals surface area contributed by atoms with Gasteiger partial charge in [-0.05, 0) is 41.5 Å². The lowest BCUT2D eigenvalue weighted by molar-refractivity contribution is -0.113. The third-order valence-corrected chi connectivity index (χ3v) is 4.84. The van der Waals surface area contributed by atoms with Gasteiger partial charge in [0.1, 0.15) is 5.82 Å². The molecule has 1 amide bonds. The van der Waals surface area contributed by atoms with E-state index in [9.17, 15) is 9.18 Å². The van der Waals surface area contributed by atoms with Crippen molar-refractivity contribution in [2.45, 2.75) is 36.9 Å². The average Bonchev–Trinajstić information content (AvgIpc) is 3.18. The van der Waals surface area contributed by atoms with Crippen LogP contribution in [0.2, 0.25) is 5.02 Å². The highest BCUT2D eigenvalue weighted by Gasteiger charge is 2.22. The number of hydrogen-bond donors (Lipinski definition) is 1. The van der Waals surface area contributed by atoms with Crippen molar-refractivity contribution < 1.29 is 9.18 Å². The molecule has 3 rings (SSSR count). The molecule has 1 aromatic carbocycles. The number of carbonyl (C=O) groups is 1. The van der Waals surface area contributed by atoms with Crippen molar-refractivity contribution in [2.24, 2.45) is 0 Å². The van der Waals surface area contributed by atoms with E-state index in [1.165, 1.54) is 36.7 Å². The van der Waals surface area contributed by atoms with Crippen LogP contribution in [0.15, 0.2) is 23.4 Å². The lowest BCUT2D eigenvalue weighted by Crippen LogP contribution is -2.16. The Bertz CT molecular complexity index is 704. The van der Waals surface area contributed by atoms with Gasteiger partial charge in [0.05, 0.1) is 17.5 Å². The van der Waals surface area contributed by atoms with E-state index in [2.05, 4.69) is 20.8 Å².